The van der Waals surface area contributed by atoms with Crippen LogP contribution < -0.4 is 0 Å². The van der Waals surface area contributed by atoms with Crippen molar-refractivity contribution in [2.24, 2.45) is 0 Å². The minimum Gasteiger partial charge on any atom is -0.360 e. The lowest BCUT2D eigenvalue weighted by atomic mass is 10.1. The summed E-state index contributed by atoms with van der Waals surface area (Å²) in [4.78, 5) is 29.0. The molecule has 3 rings (SSSR count). The van der Waals surface area contributed by atoms with Gasteiger partial charge in [-0.1, -0.05) is 11.6 Å². The van der Waals surface area contributed by atoms with Crippen LogP contribution >= 0.6 is 11.6 Å². The minimum atomic E-state index is -3.12. The summed E-state index contributed by atoms with van der Waals surface area (Å²) >= 11 is 5.94. The molecule has 23 heavy (non-hydrogen) atoms. The molecule has 1 saturated heterocycles. The highest BCUT2D eigenvalue weighted by atomic mass is 35.5. The van der Waals surface area contributed by atoms with Crippen molar-refractivity contribution in [1.82, 2.24) is 9.88 Å². The molecule has 1 N–H and O–H groups in total. The van der Waals surface area contributed by atoms with Gasteiger partial charge in [0.15, 0.2) is 9.84 Å². The first kappa shape index (κ1) is 16.0. The zero-order valence-electron chi connectivity index (χ0n) is 12.4. The number of benzene rings is 1. The molecule has 0 bridgehead atoms. The van der Waals surface area contributed by atoms with Crippen molar-refractivity contribution in [2.75, 3.05) is 18.6 Å². The first-order chi connectivity index (χ1) is 10.8. The third-order valence-corrected chi connectivity index (χ3v) is 6.14. The molecule has 0 radical (unpaired) electrons. The predicted octanol–water partition coefficient (Wildman–Crippen LogP) is 1.65. The Kier molecular flexibility index (Phi) is 3.93. The number of aromatic nitrogens is 1. The lowest BCUT2D eigenvalue weighted by Crippen LogP contribution is -2.41. The normalized spacial score (nSPS) is 19.8. The van der Waals surface area contributed by atoms with Crippen molar-refractivity contribution >= 4 is 44.0 Å². The molecule has 1 aliphatic rings. The number of ketones is 1. The predicted molar refractivity (Wildman–Crippen MR) is 87.5 cm³/mol. The number of rotatable bonds is 3. The molecule has 122 valence electrons. The lowest BCUT2D eigenvalue weighted by Gasteiger charge is -2.22. The fourth-order valence-electron chi connectivity index (χ4n) is 2.80. The molecular formula is C15H15ClN2O4S. The highest BCUT2D eigenvalue weighted by Crippen LogP contribution is 2.24. The molecule has 1 atom stereocenters. The van der Waals surface area contributed by atoms with Crippen molar-refractivity contribution in [1.29, 1.82) is 0 Å². The van der Waals surface area contributed by atoms with Gasteiger partial charge in [0.25, 0.3) is 11.7 Å². The zero-order valence-corrected chi connectivity index (χ0v) is 13.9. The Balaban J connectivity index is 1.87. The van der Waals surface area contributed by atoms with Crippen LogP contribution in [0, 0.1) is 0 Å². The number of nitrogens with one attached hydrogen (secondary N) is 1. The third-order valence-electron chi connectivity index (χ3n) is 4.16. The molecule has 0 spiro atoms. The Bertz CT molecular complexity index is 903. The summed E-state index contributed by atoms with van der Waals surface area (Å²) in [5.41, 5.74) is 0.942. The number of hydrogen-bond donors (Lipinski definition) is 1. The summed E-state index contributed by atoms with van der Waals surface area (Å²) in [5, 5.41) is 1.04. The van der Waals surface area contributed by atoms with Crippen LogP contribution in [-0.2, 0) is 14.6 Å². The molecule has 0 saturated carbocycles. The van der Waals surface area contributed by atoms with E-state index in [4.69, 9.17) is 11.6 Å². The van der Waals surface area contributed by atoms with Gasteiger partial charge < -0.3 is 9.88 Å². The molecule has 2 heterocycles. The summed E-state index contributed by atoms with van der Waals surface area (Å²) in [6.07, 6.45) is 1.83. The molecule has 0 aliphatic carbocycles. The number of carbonyl (C=O) groups is 2. The fourth-order valence-corrected chi connectivity index (χ4v) is 4.75. The molecular weight excluding hydrogens is 340 g/mol. The standard InChI is InChI=1S/C15H15ClN2O4S/c1-18(10-4-5-23(21,22)8-10)15(20)14(19)12-7-17-13-3-2-9(16)6-11(12)13/h2-3,6-7,10,17H,4-5,8H2,1H3. The monoisotopic (exact) mass is 354 g/mol. The molecule has 6 nitrogen and oxygen atoms in total. The van der Waals surface area contributed by atoms with E-state index in [9.17, 15) is 18.0 Å². The number of hydrogen-bond acceptors (Lipinski definition) is 4. The lowest BCUT2D eigenvalue weighted by molar-refractivity contribution is -0.126. The summed E-state index contributed by atoms with van der Waals surface area (Å²) in [5.74, 6) is -1.44. The Morgan fingerprint density at radius 1 is 1.35 bits per heavy atom. The van der Waals surface area contributed by atoms with E-state index in [1.807, 2.05) is 0 Å². The van der Waals surface area contributed by atoms with E-state index in [1.54, 1.807) is 18.2 Å². The second kappa shape index (κ2) is 5.65. The second-order valence-corrected chi connectivity index (χ2v) is 8.36. The Labute approximate surface area is 138 Å². The van der Waals surface area contributed by atoms with E-state index < -0.39 is 27.6 Å². The van der Waals surface area contributed by atoms with E-state index in [2.05, 4.69) is 4.98 Å². The maximum absolute atomic E-state index is 12.5. The molecule has 2 aromatic rings. The van der Waals surface area contributed by atoms with Crippen LogP contribution in [0.3, 0.4) is 0 Å². The number of carbonyl (C=O) groups excluding carboxylic acids is 2. The highest BCUT2D eigenvalue weighted by Gasteiger charge is 2.35. The van der Waals surface area contributed by atoms with E-state index in [0.29, 0.717) is 22.3 Å². The van der Waals surface area contributed by atoms with Gasteiger partial charge >= 0.3 is 0 Å². The van der Waals surface area contributed by atoms with Gasteiger partial charge in [0.05, 0.1) is 17.1 Å². The van der Waals surface area contributed by atoms with Crippen molar-refractivity contribution in [3.05, 3.63) is 35.0 Å². The molecule has 1 unspecified atom stereocenters. The molecule has 8 heteroatoms. The molecule has 1 amide bonds. The van der Waals surface area contributed by atoms with Gasteiger partial charge in [-0.25, -0.2) is 8.42 Å². The smallest absolute Gasteiger partial charge is 0.295 e. The van der Waals surface area contributed by atoms with E-state index >= 15 is 0 Å². The van der Waals surface area contributed by atoms with Crippen LogP contribution in [0.25, 0.3) is 10.9 Å². The quantitative estimate of drug-likeness (QED) is 0.670. The summed E-state index contributed by atoms with van der Waals surface area (Å²) in [7, 11) is -1.66. The van der Waals surface area contributed by atoms with Crippen LogP contribution in [0.4, 0.5) is 0 Å². The summed E-state index contributed by atoms with van der Waals surface area (Å²) in [6, 6.07) is 4.58. The number of likely N-dealkylation sites (N-methyl/N-ethyl adjacent to an activating group) is 1. The summed E-state index contributed by atoms with van der Waals surface area (Å²) in [6.45, 7) is 0. The average Bonchev–Trinajstić information content (AvgIpc) is 3.07. The van der Waals surface area contributed by atoms with Crippen molar-refractivity contribution in [2.45, 2.75) is 12.5 Å². The van der Waals surface area contributed by atoms with Crippen molar-refractivity contribution in [3.63, 3.8) is 0 Å². The van der Waals surface area contributed by atoms with E-state index in [1.165, 1.54) is 18.1 Å². The van der Waals surface area contributed by atoms with Crippen LogP contribution in [0.1, 0.15) is 16.8 Å². The molecule has 1 fully saturated rings. The van der Waals surface area contributed by atoms with Crippen LogP contribution in [0.2, 0.25) is 5.02 Å². The number of sulfone groups is 1. The van der Waals surface area contributed by atoms with Crippen LogP contribution in [0.15, 0.2) is 24.4 Å². The summed E-state index contributed by atoms with van der Waals surface area (Å²) < 4.78 is 23.1. The van der Waals surface area contributed by atoms with Gasteiger partial charge in [-0.15, -0.1) is 0 Å². The maximum atomic E-state index is 12.5. The molecule has 1 aliphatic heterocycles. The van der Waals surface area contributed by atoms with Gasteiger partial charge in [0.1, 0.15) is 0 Å². The number of aromatic amines is 1. The molecule has 1 aromatic heterocycles. The zero-order chi connectivity index (χ0) is 16.8. The van der Waals surface area contributed by atoms with Gasteiger partial charge in [0, 0.05) is 35.2 Å². The number of fused-ring (bicyclic) bond motifs is 1. The topological polar surface area (TPSA) is 87.3 Å². The van der Waals surface area contributed by atoms with E-state index in [-0.39, 0.29) is 17.1 Å². The largest absolute Gasteiger partial charge is 0.360 e. The van der Waals surface area contributed by atoms with Crippen molar-refractivity contribution < 1.29 is 18.0 Å². The minimum absolute atomic E-state index is 0.0478. The SMILES string of the molecule is CN(C(=O)C(=O)c1c[nH]c2ccc(Cl)cc12)C1CCS(=O)(=O)C1. The number of nitrogens with zero attached hydrogens (tertiary/aromatic N) is 1. The average molecular weight is 355 g/mol. The highest BCUT2D eigenvalue weighted by molar-refractivity contribution is 7.91. The second-order valence-electron chi connectivity index (χ2n) is 5.69. The Hall–Kier alpha value is -1.86. The third kappa shape index (κ3) is 2.98. The number of Topliss-reactive ketones (excluding diaryl/α,β-unsaturated/α-hetero) is 1. The van der Waals surface area contributed by atoms with Gasteiger partial charge in [0.2, 0.25) is 0 Å². The first-order valence-corrected chi connectivity index (χ1v) is 9.27. The van der Waals surface area contributed by atoms with E-state index in [0.717, 1.165) is 0 Å². The first-order valence-electron chi connectivity index (χ1n) is 7.07. The number of H-pyrrole nitrogens is 1. The maximum Gasteiger partial charge on any atom is 0.295 e. The fraction of sp³-hybridized carbons (Fsp3) is 0.333. The van der Waals surface area contributed by atoms with Crippen molar-refractivity contribution in [3.8, 4) is 0 Å². The van der Waals surface area contributed by atoms with Gasteiger partial charge in [-0.3, -0.25) is 9.59 Å². The van der Waals surface area contributed by atoms with Crippen LogP contribution in [-0.4, -0.2) is 54.6 Å². The van der Waals surface area contributed by atoms with Gasteiger partial charge in [-0.05, 0) is 24.6 Å². The van der Waals surface area contributed by atoms with Gasteiger partial charge in [-0.2, -0.15) is 0 Å². The number of halogens is 1. The van der Waals surface area contributed by atoms with Crippen LogP contribution in [0.5, 0.6) is 0 Å². The number of amides is 1. The Morgan fingerprint density at radius 2 is 2.09 bits per heavy atom. The molecule has 1 aromatic carbocycles. The Morgan fingerprint density at radius 3 is 2.74 bits per heavy atom.